The maximum atomic E-state index is 12.0. The number of hydrogen-bond donors (Lipinski definition) is 2. The van der Waals surface area contributed by atoms with E-state index in [4.69, 9.17) is 5.11 Å². The Hall–Kier alpha value is -2.41. The van der Waals surface area contributed by atoms with Gasteiger partial charge in [-0.25, -0.2) is 0 Å². The molecule has 0 aliphatic carbocycles. The Morgan fingerprint density at radius 2 is 2.21 bits per heavy atom. The average Bonchev–Trinajstić information content (AvgIpc) is 2.37. The molecule has 0 spiro atoms. The van der Waals surface area contributed by atoms with Crippen molar-refractivity contribution in [3.63, 3.8) is 0 Å². The van der Waals surface area contributed by atoms with E-state index in [9.17, 15) is 20.0 Å². The summed E-state index contributed by atoms with van der Waals surface area (Å²) in [5.74, 6) is -1.02. The van der Waals surface area contributed by atoms with E-state index < -0.39 is 22.3 Å². The Balaban J connectivity index is 3.01. The Labute approximate surface area is 109 Å². The highest BCUT2D eigenvalue weighted by molar-refractivity contribution is 5.95. The predicted molar refractivity (Wildman–Crippen MR) is 67.9 cm³/mol. The quantitative estimate of drug-likeness (QED) is 0.452. The zero-order valence-electron chi connectivity index (χ0n) is 10.2. The molecule has 19 heavy (non-hydrogen) atoms. The number of carbonyl (C=O) groups is 1. The number of phenols is 1. The van der Waals surface area contributed by atoms with E-state index in [1.807, 2.05) is 0 Å². The zero-order chi connectivity index (χ0) is 14.4. The lowest BCUT2D eigenvalue weighted by Crippen LogP contribution is -2.33. The van der Waals surface area contributed by atoms with Crippen LogP contribution in [0.5, 0.6) is 5.75 Å². The summed E-state index contributed by atoms with van der Waals surface area (Å²) in [6.45, 7) is 3.64. The van der Waals surface area contributed by atoms with Crippen LogP contribution in [0.25, 0.3) is 0 Å². The van der Waals surface area contributed by atoms with Crippen LogP contribution in [0, 0.1) is 10.1 Å². The van der Waals surface area contributed by atoms with Crippen LogP contribution < -0.4 is 0 Å². The van der Waals surface area contributed by atoms with Gasteiger partial charge in [0.05, 0.1) is 11.5 Å². The molecule has 1 aromatic carbocycles. The van der Waals surface area contributed by atoms with Crippen molar-refractivity contribution in [2.75, 3.05) is 19.7 Å². The van der Waals surface area contributed by atoms with Crippen LogP contribution in [0.3, 0.4) is 0 Å². The van der Waals surface area contributed by atoms with Gasteiger partial charge in [-0.05, 0) is 12.1 Å². The number of carbonyl (C=O) groups excluding carboxylic acids is 1. The van der Waals surface area contributed by atoms with Gasteiger partial charge in [-0.3, -0.25) is 14.9 Å². The first kappa shape index (κ1) is 14.7. The van der Waals surface area contributed by atoms with E-state index in [0.29, 0.717) is 0 Å². The van der Waals surface area contributed by atoms with Gasteiger partial charge in [-0.2, -0.15) is 0 Å². The summed E-state index contributed by atoms with van der Waals surface area (Å²) in [7, 11) is 0. The van der Waals surface area contributed by atoms with Gasteiger partial charge in [0, 0.05) is 24.7 Å². The highest BCUT2D eigenvalue weighted by Crippen LogP contribution is 2.26. The lowest BCUT2D eigenvalue weighted by molar-refractivity contribution is -0.385. The van der Waals surface area contributed by atoms with E-state index in [-0.39, 0.29) is 25.3 Å². The number of benzene rings is 1. The van der Waals surface area contributed by atoms with Crippen molar-refractivity contribution in [1.29, 1.82) is 0 Å². The second-order valence-electron chi connectivity index (χ2n) is 3.72. The summed E-state index contributed by atoms with van der Waals surface area (Å²) < 4.78 is 0. The van der Waals surface area contributed by atoms with E-state index in [0.717, 1.165) is 12.1 Å². The molecule has 0 bridgehead atoms. The molecule has 0 heterocycles. The Morgan fingerprint density at radius 1 is 1.53 bits per heavy atom. The molecule has 7 heteroatoms. The minimum absolute atomic E-state index is 0.110. The summed E-state index contributed by atoms with van der Waals surface area (Å²) in [5, 5.41) is 28.9. The van der Waals surface area contributed by atoms with Crippen LogP contribution in [0.4, 0.5) is 5.69 Å². The maximum Gasteiger partial charge on any atom is 0.310 e. The first-order chi connectivity index (χ1) is 9.01. The molecule has 0 saturated carbocycles. The molecule has 0 fully saturated rings. The Kier molecular flexibility index (Phi) is 5.01. The molecular formula is C12H14N2O5. The Morgan fingerprint density at radius 3 is 2.68 bits per heavy atom. The molecule has 0 aliphatic rings. The molecule has 1 aromatic rings. The second kappa shape index (κ2) is 6.50. The minimum Gasteiger partial charge on any atom is -0.502 e. The van der Waals surface area contributed by atoms with Crippen LogP contribution in [-0.4, -0.2) is 45.6 Å². The van der Waals surface area contributed by atoms with Gasteiger partial charge in [0.25, 0.3) is 5.91 Å². The number of hydrogen-bond acceptors (Lipinski definition) is 5. The molecule has 102 valence electrons. The minimum atomic E-state index is -0.737. The zero-order valence-corrected chi connectivity index (χ0v) is 10.2. The van der Waals surface area contributed by atoms with Gasteiger partial charge in [0.15, 0.2) is 5.75 Å². The van der Waals surface area contributed by atoms with Crippen molar-refractivity contribution in [3.05, 3.63) is 46.5 Å². The van der Waals surface area contributed by atoms with E-state index in [2.05, 4.69) is 6.58 Å². The SMILES string of the molecule is C=CCN(CCO)C(=O)c1ccc([N+](=O)[O-])c(O)c1. The van der Waals surface area contributed by atoms with E-state index in [1.165, 1.54) is 17.0 Å². The molecule has 0 saturated heterocycles. The summed E-state index contributed by atoms with van der Waals surface area (Å²) in [4.78, 5) is 23.2. The smallest absolute Gasteiger partial charge is 0.310 e. The fraction of sp³-hybridized carbons (Fsp3) is 0.250. The average molecular weight is 266 g/mol. The third kappa shape index (κ3) is 3.52. The molecular weight excluding hydrogens is 252 g/mol. The number of nitro benzene ring substituents is 1. The van der Waals surface area contributed by atoms with Crippen molar-refractivity contribution in [1.82, 2.24) is 4.90 Å². The fourth-order valence-electron chi connectivity index (χ4n) is 1.55. The fourth-order valence-corrected chi connectivity index (χ4v) is 1.55. The summed E-state index contributed by atoms with van der Waals surface area (Å²) in [6.07, 6.45) is 1.50. The predicted octanol–water partition coefficient (Wildman–Crippen LogP) is 0.921. The second-order valence-corrected chi connectivity index (χ2v) is 3.72. The van der Waals surface area contributed by atoms with Crippen molar-refractivity contribution < 1.29 is 19.9 Å². The molecule has 1 amide bonds. The molecule has 0 aromatic heterocycles. The largest absolute Gasteiger partial charge is 0.502 e. The molecule has 1 rings (SSSR count). The van der Waals surface area contributed by atoms with Gasteiger partial charge in [0.1, 0.15) is 0 Å². The lowest BCUT2D eigenvalue weighted by Gasteiger charge is -2.19. The number of rotatable bonds is 6. The highest BCUT2D eigenvalue weighted by Gasteiger charge is 2.19. The van der Waals surface area contributed by atoms with Crippen molar-refractivity contribution in [3.8, 4) is 5.75 Å². The number of aromatic hydroxyl groups is 1. The third-order valence-electron chi connectivity index (χ3n) is 2.43. The monoisotopic (exact) mass is 266 g/mol. The van der Waals surface area contributed by atoms with Crippen molar-refractivity contribution in [2.24, 2.45) is 0 Å². The van der Waals surface area contributed by atoms with Gasteiger partial charge in [0.2, 0.25) is 0 Å². The number of nitrogens with zero attached hydrogens (tertiary/aromatic N) is 2. The molecule has 0 unspecified atom stereocenters. The molecule has 0 aliphatic heterocycles. The standard InChI is InChI=1S/C12H14N2O5/c1-2-5-13(6-7-15)12(17)9-3-4-10(14(18)19)11(16)8-9/h2-4,8,15-16H,1,5-7H2. The van der Waals surface area contributed by atoms with Crippen molar-refractivity contribution in [2.45, 2.75) is 0 Å². The number of phenolic OH excluding ortho intramolecular Hbond substituents is 1. The molecule has 0 radical (unpaired) electrons. The topological polar surface area (TPSA) is 104 Å². The summed E-state index contributed by atoms with van der Waals surface area (Å²) in [6, 6.07) is 3.36. The Bertz CT molecular complexity index is 501. The highest BCUT2D eigenvalue weighted by atomic mass is 16.6. The van der Waals surface area contributed by atoms with Gasteiger partial charge in [-0.1, -0.05) is 6.08 Å². The van der Waals surface area contributed by atoms with Crippen LogP contribution in [-0.2, 0) is 0 Å². The van der Waals surface area contributed by atoms with Crippen LogP contribution >= 0.6 is 0 Å². The summed E-state index contributed by atoms with van der Waals surface area (Å²) in [5.41, 5.74) is -0.354. The molecule has 7 nitrogen and oxygen atoms in total. The van der Waals surface area contributed by atoms with Crippen LogP contribution in [0.1, 0.15) is 10.4 Å². The molecule has 0 atom stereocenters. The van der Waals surface area contributed by atoms with Crippen LogP contribution in [0.2, 0.25) is 0 Å². The number of amides is 1. The van der Waals surface area contributed by atoms with Crippen LogP contribution in [0.15, 0.2) is 30.9 Å². The van der Waals surface area contributed by atoms with Gasteiger partial charge >= 0.3 is 5.69 Å². The maximum absolute atomic E-state index is 12.0. The number of aliphatic hydroxyl groups is 1. The lowest BCUT2D eigenvalue weighted by atomic mass is 10.1. The van der Waals surface area contributed by atoms with Gasteiger partial charge < -0.3 is 15.1 Å². The normalized spacial score (nSPS) is 9.95. The molecule has 2 N–H and O–H groups in total. The first-order valence-corrected chi connectivity index (χ1v) is 5.49. The number of aliphatic hydroxyl groups excluding tert-OH is 1. The van der Waals surface area contributed by atoms with E-state index >= 15 is 0 Å². The number of nitro groups is 1. The van der Waals surface area contributed by atoms with E-state index in [1.54, 1.807) is 0 Å². The third-order valence-corrected chi connectivity index (χ3v) is 2.43. The van der Waals surface area contributed by atoms with Gasteiger partial charge in [-0.15, -0.1) is 6.58 Å². The summed E-state index contributed by atoms with van der Waals surface area (Å²) >= 11 is 0. The first-order valence-electron chi connectivity index (χ1n) is 5.49. The van der Waals surface area contributed by atoms with Crippen molar-refractivity contribution >= 4 is 11.6 Å².